The molecule has 5 N–H and O–H groups in total. The molecule has 1 aromatic carbocycles. The number of hydrogen-bond donors (Lipinski definition) is 4. The van der Waals surface area contributed by atoms with Gasteiger partial charge in [-0.1, -0.05) is 18.9 Å². The van der Waals surface area contributed by atoms with Gasteiger partial charge in [-0.2, -0.15) is 0 Å². The van der Waals surface area contributed by atoms with Crippen LogP contribution in [0.25, 0.3) is 0 Å². The van der Waals surface area contributed by atoms with Gasteiger partial charge in [0.1, 0.15) is 11.3 Å². The van der Waals surface area contributed by atoms with E-state index in [2.05, 4.69) is 4.90 Å². The number of aliphatic carboxylic acids is 1. The number of carboxylic acid groups (broad SMARTS) is 1. The van der Waals surface area contributed by atoms with E-state index in [0.717, 1.165) is 19.6 Å². The van der Waals surface area contributed by atoms with Gasteiger partial charge in [-0.25, -0.2) is 0 Å². The molecule has 1 unspecified atom stereocenters. The fourth-order valence-corrected chi connectivity index (χ4v) is 3.84. The molecule has 1 amide bonds. The second-order valence-corrected chi connectivity index (χ2v) is 8.16. The predicted octanol–water partition coefficient (Wildman–Crippen LogP) is 0.658. The van der Waals surface area contributed by atoms with Crippen LogP contribution in [0.4, 0.5) is 0 Å². The molecule has 1 aliphatic rings. The van der Waals surface area contributed by atoms with Crippen LogP contribution >= 0.6 is 0 Å². The Hall–Kier alpha value is -2.14. The van der Waals surface area contributed by atoms with Gasteiger partial charge in [0, 0.05) is 31.7 Å². The lowest BCUT2D eigenvalue weighted by Gasteiger charge is -2.35. The largest absolute Gasteiger partial charge is 0.497 e. The highest BCUT2D eigenvalue weighted by Crippen LogP contribution is 2.20. The van der Waals surface area contributed by atoms with Crippen molar-refractivity contribution in [3.05, 3.63) is 29.8 Å². The van der Waals surface area contributed by atoms with Gasteiger partial charge in [0.05, 0.1) is 7.11 Å². The molecule has 0 aliphatic carbocycles. The zero-order valence-electron chi connectivity index (χ0n) is 18.2. The highest BCUT2D eigenvalue weighted by Gasteiger charge is 2.33. The Bertz CT molecular complexity index is 727. The number of carbonyl (C=O) groups is 2. The van der Waals surface area contributed by atoms with Crippen LogP contribution in [0.3, 0.4) is 0 Å². The number of nitrogens with two attached hydrogens (primary N) is 1. The highest BCUT2D eigenvalue weighted by atomic mass is 16.5. The predicted molar refractivity (Wildman–Crippen MR) is 118 cm³/mol. The number of nitrogens with zero attached hydrogens (tertiary/aromatic N) is 2. The molecule has 172 valence electrons. The number of benzene rings is 1. The van der Waals surface area contributed by atoms with E-state index in [4.69, 9.17) is 20.5 Å². The van der Waals surface area contributed by atoms with Crippen molar-refractivity contribution in [2.24, 2.45) is 5.73 Å². The summed E-state index contributed by atoms with van der Waals surface area (Å²) >= 11 is 0. The van der Waals surface area contributed by atoms with Crippen molar-refractivity contribution < 1.29 is 29.5 Å². The third-order valence-corrected chi connectivity index (χ3v) is 5.83. The van der Waals surface area contributed by atoms with Crippen LogP contribution in [0.1, 0.15) is 42.5 Å². The summed E-state index contributed by atoms with van der Waals surface area (Å²) < 4.78 is 5.19. The number of amides is 1. The Morgan fingerprint density at radius 3 is 2.42 bits per heavy atom. The van der Waals surface area contributed by atoms with Crippen molar-refractivity contribution in [2.45, 2.75) is 44.0 Å². The summed E-state index contributed by atoms with van der Waals surface area (Å²) in [6, 6.07) is 7.13. The lowest BCUT2D eigenvalue weighted by atomic mass is 9.81. The van der Waals surface area contributed by atoms with E-state index in [1.165, 1.54) is 0 Å². The second-order valence-electron chi connectivity index (χ2n) is 8.16. The normalized spacial score (nSPS) is 16.6. The van der Waals surface area contributed by atoms with E-state index in [9.17, 15) is 14.7 Å². The van der Waals surface area contributed by atoms with Crippen molar-refractivity contribution in [3.63, 3.8) is 0 Å². The van der Waals surface area contributed by atoms with Gasteiger partial charge in [0.2, 0.25) is 0 Å². The number of piperazine rings is 1. The minimum atomic E-state index is -1.37. The highest BCUT2D eigenvalue weighted by molar-refractivity contribution is 6.40. The minimum Gasteiger partial charge on any atom is -0.497 e. The van der Waals surface area contributed by atoms with Crippen molar-refractivity contribution in [1.82, 2.24) is 9.80 Å². The molecule has 1 atom stereocenters. The first-order valence-electron chi connectivity index (χ1n) is 10.8. The Morgan fingerprint density at radius 2 is 1.81 bits per heavy atom. The summed E-state index contributed by atoms with van der Waals surface area (Å²) in [5, 5.41) is 27.3. The molecule has 2 rings (SSSR count). The van der Waals surface area contributed by atoms with E-state index in [0.29, 0.717) is 56.5 Å². The molecular weight excluding hydrogens is 401 g/mol. The molecule has 1 aliphatic heterocycles. The summed E-state index contributed by atoms with van der Waals surface area (Å²) in [6.07, 6.45) is 2.58. The molecule has 0 spiro atoms. The molecule has 1 heterocycles. The van der Waals surface area contributed by atoms with Crippen LogP contribution in [0, 0.1) is 0 Å². The number of ether oxygens (including phenoxy) is 1. The van der Waals surface area contributed by atoms with Gasteiger partial charge in [-0.05, 0) is 50.3 Å². The van der Waals surface area contributed by atoms with Crippen LogP contribution in [0.2, 0.25) is 6.32 Å². The van der Waals surface area contributed by atoms with Gasteiger partial charge in [0.25, 0.3) is 5.91 Å². The summed E-state index contributed by atoms with van der Waals surface area (Å²) in [7, 11) is 0.203. The third-order valence-electron chi connectivity index (χ3n) is 5.83. The Balaban J connectivity index is 1.75. The molecule has 0 saturated carbocycles. The zero-order valence-corrected chi connectivity index (χ0v) is 18.2. The number of rotatable bonds is 12. The quantitative estimate of drug-likeness (QED) is 0.278. The van der Waals surface area contributed by atoms with Crippen molar-refractivity contribution >= 4 is 19.0 Å². The van der Waals surface area contributed by atoms with Crippen LogP contribution in [0.5, 0.6) is 5.75 Å². The minimum absolute atomic E-state index is 0.0154. The van der Waals surface area contributed by atoms with Gasteiger partial charge < -0.3 is 30.5 Å². The monoisotopic (exact) mass is 435 g/mol. The van der Waals surface area contributed by atoms with Crippen LogP contribution in [-0.4, -0.2) is 89.3 Å². The molecule has 31 heavy (non-hydrogen) atoms. The average molecular weight is 435 g/mol. The first-order chi connectivity index (χ1) is 14.7. The maximum absolute atomic E-state index is 12.7. The maximum atomic E-state index is 12.7. The van der Waals surface area contributed by atoms with E-state index in [1.54, 1.807) is 31.4 Å². The van der Waals surface area contributed by atoms with Gasteiger partial charge >= 0.3 is 13.1 Å². The summed E-state index contributed by atoms with van der Waals surface area (Å²) in [4.78, 5) is 28.4. The molecule has 1 fully saturated rings. The van der Waals surface area contributed by atoms with E-state index >= 15 is 0 Å². The summed E-state index contributed by atoms with van der Waals surface area (Å²) in [5.41, 5.74) is 5.42. The van der Waals surface area contributed by atoms with Crippen molar-refractivity contribution in [2.75, 3.05) is 39.8 Å². The fourth-order valence-electron chi connectivity index (χ4n) is 3.84. The smallest absolute Gasteiger partial charge is 0.451 e. The maximum Gasteiger partial charge on any atom is 0.451 e. The number of carboxylic acids is 1. The SMILES string of the molecule is COc1cccc(C(=O)N2CCN(CCCC(N)(CCCCB(O)O)C(=O)O)CC2)c1. The molecule has 0 bridgehead atoms. The number of carbonyl (C=O) groups excluding carboxylic acids is 1. The number of unbranched alkanes of at least 4 members (excludes halogenated alkanes) is 1. The molecule has 0 radical (unpaired) electrons. The Labute approximate surface area is 183 Å². The van der Waals surface area contributed by atoms with Crippen molar-refractivity contribution in [3.8, 4) is 5.75 Å². The number of methoxy groups -OCH3 is 1. The molecular formula is C21H34BN3O6. The van der Waals surface area contributed by atoms with E-state index in [-0.39, 0.29) is 12.2 Å². The Morgan fingerprint density at radius 1 is 1.13 bits per heavy atom. The lowest BCUT2D eigenvalue weighted by Crippen LogP contribution is -2.50. The van der Waals surface area contributed by atoms with Gasteiger partial charge in [-0.3, -0.25) is 14.5 Å². The molecule has 9 nitrogen and oxygen atoms in total. The average Bonchev–Trinajstić information content (AvgIpc) is 2.76. The van der Waals surface area contributed by atoms with Gasteiger partial charge in [-0.15, -0.1) is 0 Å². The second kappa shape index (κ2) is 12.0. The molecule has 1 saturated heterocycles. The fraction of sp³-hybridized carbons (Fsp3) is 0.619. The zero-order chi connectivity index (χ0) is 22.9. The van der Waals surface area contributed by atoms with Crippen LogP contribution in [0.15, 0.2) is 24.3 Å². The van der Waals surface area contributed by atoms with E-state index < -0.39 is 18.6 Å². The summed E-state index contributed by atoms with van der Waals surface area (Å²) in [5.74, 6) is -0.384. The van der Waals surface area contributed by atoms with E-state index in [1.807, 2.05) is 4.90 Å². The first kappa shape index (κ1) is 25.1. The topological polar surface area (TPSA) is 137 Å². The molecule has 0 aromatic heterocycles. The lowest BCUT2D eigenvalue weighted by molar-refractivity contribution is -0.144. The Kier molecular flexibility index (Phi) is 9.76. The number of hydrogen-bond acceptors (Lipinski definition) is 7. The van der Waals surface area contributed by atoms with Gasteiger partial charge in [0.15, 0.2) is 0 Å². The molecule has 10 heteroatoms. The first-order valence-corrected chi connectivity index (χ1v) is 10.8. The van der Waals surface area contributed by atoms with Crippen LogP contribution < -0.4 is 10.5 Å². The summed E-state index contributed by atoms with van der Waals surface area (Å²) in [6.45, 7) is 3.42. The standard InChI is InChI=1S/C21H34BN3O6/c1-31-18-7-4-6-17(16-18)19(26)25-14-12-24(13-15-25)11-5-9-21(23,20(27)28)8-2-3-10-22(29)30/h4,6-7,16,29-30H,2-3,5,8-15,23H2,1H3,(H,27,28). The third kappa shape index (κ3) is 7.81. The molecule has 1 aromatic rings. The van der Waals surface area contributed by atoms with Crippen molar-refractivity contribution in [1.29, 1.82) is 0 Å². The van der Waals surface area contributed by atoms with Crippen LogP contribution in [-0.2, 0) is 4.79 Å².